The lowest BCUT2D eigenvalue weighted by molar-refractivity contribution is 0.391. The molecule has 0 saturated carbocycles. The Labute approximate surface area is 65.0 Å². The first-order valence-electron chi connectivity index (χ1n) is 4.40. The second-order valence-electron chi connectivity index (χ2n) is 3.43. The third-order valence-electron chi connectivity index (χ3n) is 2.16. The molecule has 10 heavy (non-hydrogen) atoms. The fraction of sp³-hybridized carbons (Fsp3) is 1.00. The van der Waals surface area contributed by atoms with E-state index in [4.69, 9.17) is 5.73 Å². The molecular weight excluding hydrogens is 122 g/mol. The summed E-state index contributed by atoms with van der Waals surface area (Å²) in [6, 6.07) is 0. The maximum Gasteiger partial charge on any atom is -0.00747 e. The van der Waals surface area contributed by atoms with Crippen molar-refractivity contribution >= 4 is 0 Å². The number of hydrogen-bond acceptors (Lipinski definition) is 1. The van der Waals surface area contributed by atoms with Gasteiger partial charge in [0.25, 0.3) is 0 Å². The highest BCUT2D eigenvalue weighted by Crippen LogP contribution is 2.16. The van der Waals surface area contributed by atoms with Crippen LogP contribution in [-0.2, 0) is 0 Å². The molecule has 0 radical (unpaired) electrons. The lowest BCUT2D eigenvalue weighted by Crippen LogP contribution is -2.08. The maximum absolute atomic E-state index is 5.45. The van der Waals surface area contributed by atoms with E-state index in [1.807, 2.05) is 0 Å². The van der Waals surface area contributed by atoms with Crippen LogP contribution in [0.2, 0.25) is 0 Å². The van der Waals surface area contributed by atoms with Crippen molar-refractivity contribution in [2.24, 2.45) is 17.6 Å². The minimum atomic E-state index is 0.819. The normalized spacial score (nSPS) is 16.8. The SMILES string of the molecule is CCC(C)CC(C)CCN. The second kappa shape index (κ2) is 5.72. The molecule has 2 unspecified atom stereocenters. The molecule has 0 fully saturated rings. The third-order valence-corrected chi connectivity index (χ3v) is 2.16. The van der Waals surface area contributed by atoms with E-state index >= 15 is 0 Å². The lowest BCUT2D eigenvalue weighted by Gasteiger charge is -2.14. The van der Waals surface area contributed by atoms with E-state index in [9.17, 15) is 0 Å². The Bertz CT molecular complexity index is 71.1. The van der Waals surface area contributed by atoms with Crippen LogP contribution in [0.5, 0.6) is 0 Å². The molecule has 0 spiro atoms. The summed E-state index contributed by atoms with van der Waals surface area (Å²) in [6.45, 7) is 7.70. The van der Waals surface area contributed by atoms with Crippen LogP contribution in [0.3, 0.4) is 0 Å². The summed E-state index contributed by atoms with van der Waals surface area (Å²) in [5.41, 5.74) is 5.45. The Balaban J connectivity index is 3.27. The molecule has 0 aliphatic carbocycles. The topological polar surface area (TPSA) is 26.0 Å². The van der Waals surface area contributed by atoms with Crippen molar-refractivity contribution in [1.82, 2.24) is 0 Å². The Morgan fingerprint density at radius 2 is 1.80 bits per heavy atom. The van der Waals surface area contributed by atoms with Crippen LogP contribution in [-0.4, -0.2) is 6.54 Å². The fourth-order valence-electron chi connectivity index (χ4n) is 1.26. The van der Waals surface area contributed by atoms with Crippen LogP contribution in [0.15, 0.2) is 0 Å². The van der Waals surface area contributed by atoms with Crippen LogP contribution < -0.4 is 5.73 Å². The molecule has 0 saturated heterocycles. The summed E-state index contributed by atoms with van der Waals surface area (Å²) in [5, 5.41) is 0. The molecule has 0 amide bonds. The molecule has 0 aliphatic heterocycles. The zero-order valence-corrected chi connectivity index (χ0v) is 7.56. The largest absolute Gasteiger partial charge is 0.330 e. The summed E-state index contributed by atoms with van der Waals surface area (Å²) >= 11 is 0. The van der Waals surface area contributed by atoms with Gasteiger partial charge in [0, 0.05) is 0 Å². The monoisotopic (exact) mass is 143 g/mol. The summed E-state index contributed by atoms with van der Waals surface area (Å²) in [7, 11) is 0. The first-order chi connectivity index (χ1) is 4.70. The molecule has 1 heteroatoms. The van der Waals surface area contributed by atoms with Gasteiger partial charge in [-0.3, -0.25) is 0 Å². The van der Waals surface area contributed by atoms with E-state index in [1.54, 1.807) is 0 Å². The predicted molar refractivity (Wildman–Crippen MR) is 46.9 cm³/mol. The Kier molecular flexibility index (Phi) is 5.70. The van der Waals surface area contributed by atoms with Crippen molar-refractivity contribution in [3.05, 3.63) is 0 Å². The van der Waals surface area contributed by atoms with Gasteiger partial charge in [-0.05, 0) is 31.2 Å². The molecule has 1 nitrogen and oxygen atoms in total. The Morgan fingerprint density at radius 3 is 2.20 bits per heavy atom. The molecule has 62 valence electrons. The van der Waals surface area contributed by atoms with Crippen molar-refractivity contribution in [2.45, 2.75) is 40.0 Å². The van der Waals surface area contributed by atoms with E-state index in [2.05, 4.69) is 20.8 Å². The van der Waals surface area contributed by atoms with Crippen molar-refractivity contribution in [2.75, 3.05) is 6.54 Å². The zero-order valence-electron chi connectivity index (χ0n) is 7.56. The lowest BCUT2D eigenvalue weighted by atomic mass is 9.93. The summed E-state index contributed by atoms with van der Waals surface area (Å²) in [6.07, 6.45) is 3.83. The number of rotatable bonds is 5. The van der Waals surface area contributed by atoms with Gasteiger partial charge in [-0.1, -0.05) is 27.2 Å². The maximum atomic E-state index is 5.45. The zero-order chi connectivity index (χ0) is 7.98. The Hall–Kier alpha value is -0.0400. The van der Waals surface area contributed by atoms with Gasteiger partial charge in [0.2, 0.25) is 0 Å². The first kappa shape index (κ1) is 9.96. The van der Waals surface area contributed by atoms with Crippen LogP contribution in [0.1, 0.15) is 40.0 Å². The van der Waals surface area contributed by atoms with Gasteiger partial charge in [0.05, 0.1) is 0 Å². The number of nitrogens with two attached hydrogens (primary N) is 1. The van der Waals surface area contributed by atoms with Gasteiger partial charge in [-0.15, -0.1) is 0 Å². The fourth-order valence-corrected chi connectivity index (χ4v) is 1.26. The quantitative estimate of drug-likeness (QED) is 0.628. The Morgan fingerprint density at radius 1 is 1.20 bits per heavy atom. The minimum Gasteiger partial charge on any atom is -0.330 e. The van der Waals surface area contributed by atoms with E-state index in [0.717, 1.165) is 18.4 Å². The minimum absolute atomic E-state index is 0.819. The van der Waals surface area contributed by atoms with Gasteiger partial charge in [-0.2, -0.15) is 0 Å². The molecule has 2 atom stereocenters. The van der Waals surface area contributed by atoms with Crippen molar-refractivity contribution in [3.63, 3.8) is 0 Å². The van der Waals surface area contributed by atoms with Crippen molar-refractivity contribution < 1.29 is 0 Å². The van der Waals surface area contributed by atoms with E-state index in [0.29, 0.717) is 0 Å². The van der Waals surface area contributed by atoms with Crippen LogP contribution >= 0.6 is 0 Å². The van der Waals surface area contributed by atoms with E-state index < -0.39 is 0 Å². The van der Waals surface area contributed by atoms with E-state index in [-0.39, 0.29) is 0 Å². The molecule has 0 aliphatic rings. The van der Waals surface area contributed by atoms with Gasteiger partial charge in [0.1, 0.15) is 0 Å². The standard InChI is InChI=1S/C9H21N/c1-4-8(2)7-9(3)5-6-10/h8-9H,4-7,10H2,1-3H3. The van der Waals surface area contributed by atoms with Crippen LogP contribution in [0.25, 0.3) is 0 Å². The van der Waals surface area contributed by atoms with Crippen LogP contribution in [0.4, 0.5) is 0 Å². The van der Waals surface area contributed by atoms with Crippen LogP contribution in [0, 0.1) is 11.8 Å². The van der Waals surface area contributed by atoms with E-state index in [1.165, 1.54) is 19.3 Å². The smallest absolute Gasteiger partial charge is 0.00747 e. The summed E-state index contributed by atoms with van der Waals surface area (Å²) in [4.78, 5) is 0. The molecule has 2 N–H and O–H groups in total. The predicted octanol–water partition coefficient (Wildman–Crippen LogP) is 2.41. The molecule has 0 bridgehead atoms. The summed E-state index contributed by atoms with van der Waals surface area (Å²) < 4.78 is 0. The van der Waals surface area contributed by atoms with Crippen molar-refractivity contribution in [3.8, 4) is 0 Å². The molecule has 0 aromatic carbocycles. The highest BCUT2D eigenvalue weighted by atomic mass is 14.5. The molecule has 0 aromatic rings. The third kappa shape index (κ3) is 4.80. The first-order valence-corrected chi connectivity index (χ1v) is 4.40. The molecular formula is C9H21N. The van der Waals surface area contributed by atoms with Gasteiger partial charge in [-0.25, -0.2) is 0 Å². The summed E-state index contributed by atoms with van der Waals surface area (Å²) in [5.74, 6) is 1.70. The van der Waals surface area contributed by atoms with Gasteiger partial charge in [0.15, 0.2) is 0 Å². The average Bonchev–Trinajstić information content (AvgIpc) is 1.88. The second-order valence-corrected chi connectivity index (χ2v) is 3.43. The molecule has 0 rings (SSSR count). The highest BCUT2D eigenvalue weighted by Gasteiger charge is 2.05. The molecule has 0 aromatic heterocycles. The van der Waals surface area contributed by atoms with Crippen molar-refractivity contribution in [1.29, 1.82) is 0 Å². The molecule has 0 heterocycles. The average molecular weight is 143 g/mol. The highest BCUT2D eigenvalue weighted by molar-refractivity contribution is 4.58. The van der Waals surface area contributed by atoms with Gasteiger partial charge >= 0.3 is 0 Å². The van der Waals surface area contributed by atoms with Gasteiger partial charge < -0.3 is 5.73 Å². The number of hydrogen-bond donors (Lipinski definition) is 1.